The van der Waals surface area contributed by atoms with Crippen LogP contribution in [0.3, 0.4) is 0 Å². The van der Waals surface area contributed by atoms with Gasteiger partial charge in [0, 0.05) is 5.56 Å². The van der Waals surface area contributed by atoms with Gasteiger partial charge in [-0.15, -0.1) is 0 Å². The molecule has 1 aromatic heterocycles. The van der Waals surface area contributed by atoms with E-state index in [9.17, 15) is 10.1 Å². The third-order valence-corrected chi connectivity index (χ3v) is 3.65. The number of methoxy groups -OCH3 is 1. The van der Waals surface area contributed by atoms with Gasteiger partial charge in [0.15, 0.2) is 0 Å². The van der Waals surface area contributed by atoms with Gasteiger partial charge in [0.2, 0.25) is 0 Å². The quantitative estimate of drug-likeness (QED) is 0.400. The first kappa shape index (κ1) is 17.2. The number of nitro groups is 1. The number of nitrogens with zero attached hydrogens (tertiary/aromatic N) is 4. The Hall–Kier alpha value is -3.68. The standard InChI is InChI=1S/C18H17N5O3/c1-26-18-8-7-14(10-19-21-16-5-3-2-4-6-16)9-15(18)12-22-13-17(11-20-22)23(24)25/h2-11,13,21H,12H2,1H3/b19-10-. The van der Waals surface area contributed by atoms with E-state index >= 15 is 0 Å². The molecule has 1 heterocycles. The molecule has 1 N–H and O–H groups in total. The van der Waals surface area contributed by atoms with Gasteiger partial charge in [0.1, 0.15) is 18.1 Å². The Morgan fingerprint density at radius 1 is 1.31 bits per heavy atom. The van der Waals surface area contributed by atoms with Gasteiger partial charge in [-0.05, 0) is 35.9 Å². The van der Waals surface area contributed by atoms with E-state index in [4.69, 9.17) is 4.74 Å². The summed E-state index contributed by atoms with van der Waals surface area (Å²) in [7, 11) is 1.58. The SMILES string of the molecule is COc1ccc(/C=N\Nc2ccccc2)cc1Cn1cc([N+](=O)[O-])cn1. The molecule has 8 nitrogen and oxygen atoms in total. The highest BCUT2D eigenvalue weighted by atomic mass is 16.6. The maximum atomic E-state index is 10.8. The van der Waals surface area contributed by atoms with Crippen molar-refractivity contribution in [3.8, 4) is 5.75 Å². The second-order valence-electron chi connectivity index (χ2n) is 5.46. The van der Waals surface area contributed by atoms with Crippen LogP contribution >= 0.6 is 0 Å². The second-order valence-corrected chi connectivity index (χ2v) is 5.46. The number of hydrazone groups is 1. The minimum atomic E-state index is -0.473. The zero-order chi connectivity index (χ0) is 18.4. The van der Waals surface area contributed by atoms with Crippen molar-refractivity contribution in [2.24, 2.45) is 5.10 Å². The van der Waals surface area contributed by atoms with Crippen LogP contribution < -0.4 is 10.2 Å². The molecule has 0 amide bonds. The monoisotopic (exact) mass is 351 g/mol. The van der Waals surface area contributed by atoms with E-state index in [2.05, 4.69) is 15.6 Å². The normalized spacial score (nSPS) is 10.8. The number of rotatable bonds is 7. The molecule has 0 spiro atoms. The van der Waals surface area contributed by atoms with Gasteiger partial charge < -0.3 is 4.74 Å². The van der Waals surface area contributed by atoms with Crippen LogP contribution in [-0.4, -0.2) is 28.0 Å². The van der Waals surface area contributed by atoms with E-state index in [1.807, 2.05) is 48.5 Å². The molecular formula is C18H17N5O3. The average Bonchev–Trinajstić information content (AvgIpc) is 3.12. The lowest BCUT2D eigenvalue weighted by atomic mass is 10.1. The van der Waals surface area contributed by atoms with Crippen molar-refractivity contribution in [2.75, 3.05) is 12.5 Å². The van der Waals surface area contributed by atoms with Gasteiger partial charge in [0.05, 0.1) is 30.5 Å². The summed E-state index contributed by atoms with van der Waals surface area (Å²) in [6.45, 7) is 0.352. The third-order valence-electron chi connectivity index (χ3n) is 3.65. The molecule has 3 aromatic rings. The average molecular weight is 351 g/mol. The fourth-order valence-corrected chi connectivity index (χ4v) is 2.40. The van der Waals surface area contributed by atoms with Crippen LogP contribution in [0.25, 0.3) is 0 Å². The third kappa shape index (κ3) is 4.23. The van der Waals surface area contributed by atoms with E-state index < -0.39 is 4.92 Å². The highest BCUT2D eigenvalue weighted by Crippen LogP contribution is 2.21. The zero-order valence-electron chi connectivity index (χ0n) is 14.1. The summed E-state index contributed by atoms with van der Waals surface area (Å²) in [6.07, 6.45) is 4.31. The Balaban J connectivity index is 1.76. The Morgan fingerprint density at radius 3 is 2.81 bits per heavy atom. The largest absolute Gasteiger partial charge is 0.496 e. The fourth-order valence-electron chi connectivity index (χ4n) is 2.40. The van der Waals surface area contributed by atoms with Crippen LogP contribution in [0.2, 0.25) is 0 Å². The summed E-state index contributed by atoms with van der Waals surface area (Å²) in [5.41, 5.74) is 5.50. The molecule has 0 aliphatic rings. The van der Waals surface area contributed by atoms with Gasteiger partial charge >= 0.3 is 5.69 Å². The number of hydrogen-bond donors (Lipinski definition) is 1. The molecule has 2 aromatic carbocycles. The molecule has 3 rings (SSSR count). The molecule has 132 valence electrons. The molecule has 8 heteroatoms. The molecule has 0 atom stereocenters. The second kappa shape index (κ2) is 7.93. The number of nitrogens with one attached hydrogen (secondary N) is 1. The molecule has 0 fully saturated rings. The number of ether oxygens (including phenoxy) is 1. The van der Waals surface area contributed by atoms with E-state index in [1.54, 1.807) is 13.3 Å². The maximum absolute atomic E-state index is 10.8. The number of aromatic nitrogens is 2. The number of hydrogen-bond acceptors (Lipinski definition) is 6. The van der Waals surface area contributed by atoms with Gasteiger partial charge in [0.25, 0.3) is 0 Å². The Labute approximate surface area is 149 Å². The molecule has 0 saturated carbocycles. The van der Waals surface area contributed by atoms with Crippen molar-refractivity contribution >= 4 is 17.6 Å². The van der Waals surface area contributed by atoms with Gasteiger partial charge in [-0.2, -0.15) is 10.2 Å². The van der Waals surface area contributed by atoms with Gasteiger partial charge in [-0.1, -0.05) is 18.2 Å². The fraction of sp³-hybridized carbons (Fsp3) is 0.111. The minimum Gasteiger partial charge on any atom is -0.496 e. The Kier molecular flexibility index (Phi) is 5.23. The Morgan fingerprint density at radius 2 is 2.12 bits per heavy atom. The number of para-hydroxylation sites is 1. The van der Waals surface area contributed by atoms with Crippen LogP contribution in [0.1, 0.15) is 11.1 Å². The summed E-state index contributed by atoms with van der Waals surface area (Å²) in [5.74, 6) is 0.677. The topological polar surface area (TPSA) is 94.6 Å². The van der Waals surface area contributed by atoms with Gasteiger partial charge in [-0.3, -0.25) is 20.2 Å². The molecule has 0 aliphatic heterocycles. The summed E-state index contributed by atoms with van der Waals surface area (Å²) in [6, 6.07) is 15.2. The lowest BCUT2D eigenvalue weighted by Crippen LogP contribution is -2.03. The van der Waals surface area contributed by atoms with E-state index in [-0.39, 0.29) is 5.69 Å². The van der Waals surface area contributed by atoms with Crippen molar-refractivity contribution in [2.45, 2.75) is 6.54 Å². The number of benzene rings is 2. The lowest BCUT2D eigenvalue weighted by Gasteiger charge is -2.09. The highest BCUT2D eigenvalue weighted by Gasteiger charge is 2.11. The van der Waals surface area contributed by atoms with E-state index in [1.165, 1.54) is 17.1 Å². The maximum Gasteiger partial charge on any atom is 0.307 e. The minimum absolute atomic E-state index is 0.0475. The van der Waals surface area contributed by atoms with Crippen LogP contribution in [0.5, 0.6) is 5.75 Å². The van der Waals surface area contributed by atoms with Crippen molar-refractivity contribution < 1.29 is 9.66 Å². The predicted molar refractivity (Wildman–Crippen MR) is 98.6 cm³/mol. The van der Waals surface area contributed by atoms with Crippen LogP contribution in [0.4, 0.5) is 11.4 Å². The van der Waals surface area contributed by atoms with Crippen LogP contribution in [0.15, 0.2) is 66.0 Å². The molecule has 0 saturated heterocycles. The molecule has 0 bridgehead atoms. The highest BCUT2D eigenvalue weighted by molar-refractivity contribution is 5.81. The Bertz CT molecular complexity index is 922. The van der Waals surface area contributed by atoms with Crippen molar-refractivity contribution in [3.05, 3.63) is 82.2 Å². The van der Waals surface area contributed by atoms with Crippen LogP contribution in [-0.2, 0) is 6.54 Å². The van der Waals surface area contributed by atoms with Crippen molar-refractivity contribution in [1.29, 1.82) is 0 Å². The first-order chi connectivity index (χ1) is 12.7. The molecule has 0 aliphatic carbocycles. The first-order valence-electron chi connectivity index (χ1n) is 7.83. The molecule has 0 unspecified atom stereocenters. The summed E-state index contributed by atoms with van der Waals surface area (Å²) in [4.78, 5) is 10.3. The first-order valence-corrected chi connectivity index (χ1v) is 7.83. The van der Waals surface area contributed by atoms with Gasteiger partial charge in [-0.25, -0.2) is 0 Å². The summed E-state index contributed by atoms with van der Waals surface area (Å²) >= 11 is 0. The molecule has 0 radical (unpaired) electrons. The summed E-state index contributed by atoms with van der Waals surface area (Å²) in [5, 5.41) is 19.0. The number of anilines is 1. The van der Waals surface area contributed by atoms with Crippen molar-refractivity contribution in [1.82, 2.24) is 9.78 Å². The van der Waals surface area contributed by atoms with Crippen LogP contribution in [0, 0.1) is 10.1 Å². The summed E-state index contributed by atoms with van der Waals surface area (Å²) < 4.78 is 6.86. The molecular weight excluding hydrogens is 334 g/mol. The predicted octanol–water partition coefficient (Wildman–Crippen LogP) is 3.29. The molecule has 26 heavy (non-hydrogen) atoms. The zero-order valence-corrected chi connectivity index (χ0v) is 14.1. The van der Waals surface area contributed by atoms with E-state index in [0.717, 1.165) is 16.8 Å². The lowest BCUT2D eigenvalue weighted by molar-refractivity contribution is -0.385. The smallest absolute Gasteiger partial charge is 0.307 e. The van der Waals surface area contributed by atoms with Crippen molar-refractivity contribution in [3.63, 3.8) is 0 Å². The van der Waals surface area contributed by atoms with E-state index in [0.29, 0.717) is 12.3 Å².